The fourth-order valence-corrected chi connectivity index (χ4v) is 1.86. The quantitative estimate of drug-likeness (QED) is 0.920. The van der Waals surface area contributed by atoms with Crippen molar-refractivity contribution in [1.82, 2.24) is 9.55 Å². The normalized spacial score (nSPS) is 12.2. The van der Waals surface area contributed by atoms with E-state index in [4.69, 9.17) is 0 Å². The van der Waals surface area contributed by atoms with Crippen LogP contribution in [0.2, 0.25) is 0 Å². The van der Waals surface area contributed by atoms with Crippen LogP contribution in [0, 0.1) is 5.82 Å². The summed E-state index contributed by atoms with van der Waals surface area (Å²) in [5.41, 5.74) is 1.54. The van der Waals surface area contributed by atoms with Crippen molar-refractivity contribution in [2.24, 2.45) is 0 Å². The summed E-state index contributed by atoms with van der Waals surface area (Å²) in [6.07, 6.45) is 4.55. The number of anilines is 1. The summed E-state index contributed by atoms with van der Waals surface area (Å²) in [6, 6.07) is 4.59. The van der Waals surface area contributed by atoms with Crippen molar-refractivity contribution < 1.29 is 4.39 Å². The number of aromatic nitrogens is 2. The van der Waals surface area contributed by atoms with Gasteiger partial charge in [0.2, 0.25) is 0 Å². The van der Waals surface area contributed by atoms with Gasteiger partial charge in [0.1, 0.15) is 5.82 Å². The van der Waals surface area contributed by atoms with Crippen LogP contribution >= 0.6 is 0 Å². The van der Waals surface area contributed by atoms with Gasteiger partial charge in [-0.1, -0.05) is 0 Å². The molecule has 5 heteroatoms. The number of nitrogens with zero attached hydrogens (tertiary/aromatic N) is 2. The van der Waals surface area contributed by atoms with Crippen LogP contribution in [0.1, 0.15) is 25.5 Å². The SMILES string of the molecule is CCn1cc(NC(C)c2cncc(F)c2)ccc1=O. The summed E-state index contributed by atoms with van der Waals surface area (Å²) in [5.74, 6) is -0.357. The molecule has 0 radical (unpaired) electrons. The molecular weight excluding hydrogens is 245 g/mol. The number of aryl methyl sites for hydroxylation is 1. The molecule has 2 aromatic heterocycles. The second-order valence-corrected chi connectivity index (χ2v) is 4.34. The van der Waals surface area contributed by atoms with Gasteiger partial charge < -0.3 is 9.88 Å². The van der Waals surface area contributed by atoms with Gasteiger partial charge in [-0.15, -0.1) is 0 Å². The van der Waals surface area contributed by atoms with Crippen LogP contribution in [0.3, 0.4) is 0 Å². The molecule has 0 spiro atoms. The molecule has 100 valence electrons. The second-order valence-electron chi connectivity index (χ2n) is 4.34. The molecule has 0 amide bonds. The van der Waals surface area contributed by atoms with Crippen molar-refractivity contribution in [3.8, 4) is 0 Å². The van der Waals surface area contributed by atoms with Crippen molar-refractivity contribution >= 4 is 5.69 Å². The van der Waals surface area contributed by atoms with Crippen molar-refractivity contribution in [3.63, 3.8) is 0 Å². The Morgan fingerprint density at radius 2 is 2.21 bits per heavy atom. The van der Waals surface area contributed by atoms with Crippen LogP contribution in [-0.4, -0.2) is 9.55 Å². The minimum absolute atomic E-state index is 0.0341. The van der Waals surface area contributed by atoms with Gasteiger partial charge in [-0.05, 0) is 31.5 Å². The summed E-state index contributed by atoms with van der Waals surface area (Å²) in [5, 5.41) is 3.22. The van der Waals surface area contributed by atoms with E-state index in [-0.39, 0.29) is 17.4 Å². The maximum Gasteiger partial charge on any atom is 0.250 e. The lowest BCUT2D eigenvalue weighted by atomic mass is 10.1. The first kappa shape index (κ1) is 13.3. The number of hydrogen-bond acceptors (Lipinski definition) is 3. The summed E-state index contributed by atoms with van der Waals surface area (Å²) in [6.45, 7) is 4.44. The standard InChI is InChI=1S/C14H16FN3O/c1-3-18-9-13(4-5-14(18)19)17-10(2)11-6-12(15)8-16-7-11/h4-10,17H,3H2,1-2H3. The van der Waals surface area contributed by atoms with Crippen LogP contribution in [0.5, 0.6) is 0 Å². The van der Waals surface area contributed by atoms with E-state index >= 15 is 0 Å². The monoisotopic (exact) mass is 261 g/mol. The first-order valence-electron chi connectivity index (χ1n) is 6.17. The van der Waals surface area contributed by atoms with Crippen molar-refractivity contribution in [1.29, 1.82) is 0 Å². The van der Waals surface area contributed by atoms with E-state index in [0.717, 1.165) is 11.3 Å². The van der Waals surface area contributed by atoms with Gasteiger partial charge >= 0.3 is 0 Å². The lowest BCUT2D eigenvalue weighted by Gasteiger charge is -2.16. The minimum Gasteiger partial charge on any atom is -0.377 e. The predicted molar refractivity (Wildman–Crippen MR) is 72.6 cm³/mol. The molecule has 2 aromatic rings. The largest absolute Gasteiger partial charge is 0.377 e. The number of halogens is 1. The average molecular weight is 261 g/mol. The van der Waals surface area contributed by atoms with E-state index in [9.17, 15) is 9.18 Å². The molecule has 0 aliphatic heterocycles. The highest BCUT2D eigenvalue weighted by Gasteiger charge is 2.07. The zero-order valence-electron chi connectivity index (χ0n) is 10.9. The van der Waals surface area contributed by atoms with Crippen LogP contribution in [-0.2, 0) is 6.54 Å². The molecule has 0 bridgehead atoms. The van der Waals surface area contributed by atoms with Crippen molar-refractivity contribution in [3.05, 3.63) is 58.5 Å². The first-order chi connectivity index (χ1) is 9.10. The van der Waals surface area contributed by atoms with Gasteiger partial charge in [0.25, 0.3) is 5.56 Å². The van der Waals surface area contributed by atoms with E-state index < -0.39 is 0 Å². The Bertz CT molecular complexity index is 624. The Labute approximate surface area is 110 Å². The molecule has 1 atom stereocenters. The second kappa shape index (κ2) is 5.65. The van der Waals surface area contributed by atoms with Gasteiger partial charge in [-0.2, -0.15) is 0 Å². The molecule has 0 aliphatic rings. The smallest absolute Gasteiger partial charge is 0.250 e. The number of pyridine rings is 2. The maximum atomic E-state index is 13.1. The lowest BCUT2D eigenvalue weighted by molar-refractivity contribution is 0.616. The van der Waals surface area contributed by atoms with Crippen LogP contribution in [0.25, 0.3) is 0 Å². The van der Waals surface area contributed by atoms with Gasteiger partial charge in [0, 0.05) is 25.0 Å². The predicted octanol–water partition coefficient (Wildman–Crippen LogP) is 2.58. The van der Waals surface area contributed by atoms with E-state index in [1.165, 1.54) is 18.3 Å². The van der Waals surface area contributed by atoms with Gasteiger partial charge in [0.05, 0.1) is 17.9 Å². The lowest BCUT2D eigenvalue weighted by Crippen LogP contribution is -2.18. The minimum atomic E-state index is -0.357. The molecule has 1 unspecified atom stereocenters. The molecule has 0 fully saturated rings. The number of nitrogens with one attached hydrogen (secondary N) is 1. The Morgan fingerprint density at radius 3 is 2.89 bits per heavy atom. The average Bonchev–Trinajstić information content (AvgIpc) is 2.41. The zero-order chi connectivity index (χ0) is 13.8. The molecule has 0 saturated carbocycles. The van der Waals surface area contributed by atoms with Gasteiger partial charge in [-0.3, -0.25) is 9.78 Å². The number of hydrogen-bond donors (Lipinski definition) is 1. The highest BCUT2D eigenvalue weighted by atomic mass is 19.1. The van der Waals surface area contributed by atoms with Crippen molar-refractivity contribution in [2.75, 3.05) is 5.32 Å². The third-order valence-electron chi connectivity index (χ3n) is 2.93. The summed E-state index contributed by atoms with van der Waals surface area (Å²) in [4.78, 5) is 15.3. The summed E-state index contributed by atoms with van der Waals surface area (Å²) < 4.78 is 14.7. The molecule has 19 heavy (non-hydrogen) atoms. The summed E-state index contributed by atoms with van der Waals surface area (Å²) in [7, 11) is 0. The van der Waals surface area contributed by atoms with E-state index in [2.05, 4.69) is 10.3 Å². The van der Waals surface area contributed by atoms with E-state index in [1.54, 1.807) is 23.0 Å². The molecule has 0 aliphatic carbocycles. The topological polar surface area (TPSA) is 46.9 Å². The van der Waals surface area contributed by atoms with Crippen LogP contribution in [0.15, 0.2) is 41.6 Å². The number of rotatable bonds is 4. The third-order valence-corrected chi connectivity index (χ3v) is 2.93. The van der Waals surface area contributed by atoms with Crippen LogP contribution < -0.4 is 10.9 Å². The first-order valence-corrected chi connectivity index (χ1v) is 6.17. The molecule has 2 heterocycles. The highest BCUT2D eigenvalue weighted by Crippen LogP contribution is 2.18. The Balaban J connectivity index is 2.19. The van der Waals surface area contributed by atoms with Gasteiger partial charge in [0.15, 0.2) is 0 Å². The zero-order valence-corrected chi connectivity index (χ0v) is 10.9. The van der Waals surface area contributed by atoms with E-state index in [1.807, 2.05) is 13.8 Å². The Morgan fingerprint density at radius 1 is 1.42 bits per heavy atom. The maximum absolute atomic E-state index is 13.1. The summed E-state index contributed by atoms with van der Waals surface area (Å²) >= 11 is 0. The molecule has 0 aromatic carbocycles. The third kappa shape index (κ3) is 3.19. The molecule has 1 N–H and O–H groups in total. The molecular formula is C14H16FN3O. The van der Waals surface area contributed by atoms with Gasteiger partial charge in [-0.25, -0.2) is 4.39 Å². The fourth-order valence-electron chi connectivity index (χ4n) is 1.86. The molecule has 0 saturated heterocycles. The fraction of sp³-hybridized carbons (Fsp3) is 0.286. The molecule has 2 rings (SSSR count). The van der Waals surface area contributed by atoms with E-state index in [0.29, 0.717) is 6.54 Å². The Kier molecular flexibility index (Phi) is 3.94. The molecule has 4 nitrogen and oxygen atoms in total. The van der Waals surface area contributed by atoms with Crippen LogP contribution in [0.4, 0.5) is 10.1 Å². The van der Waals surface area contributed by atoms with Crippen molar-refractivity contribution in [2.45, 2.75) is 26.4 Å². The Hall–Kier alpha value is -2.17. The highest BCUT2D eigenvalue weighted by molar-refractivity contribution is 5.42.